The molecule has 1 aromatic rings. The van der Waals surface area contributed by atoms with Crippen LogP contribution in [0, 0.1) is 29.6 Å². The van der Waals surface area contributed by atoms with Crippen molar-refractivity contribution in [2.75, 3.05) is 13.1 Å². The number of carbonyl (C=O) groups is 2. The summed E-state index contributed by atoms with van der Waals surface area (Å²) in [7, 11) is 0. The maximum atomic E-state index is 12.4. The first-order valence-corrected chi connectivity index (χ1v) is 10.7. The predicted octanol–water partition coefficient (Wildman–Crippen LogP) is 0.261. The third-order valence-electron chi connectivity index (χ3n) is 5.87. The fourth-order valence-corrected chi connectivity index (χ4v) is 3.89. The summed E-state index contributed by atoms with van der Waals surface area (Å²) in [6.45, 7) is 4.44. The minimum absolute atomic E-state index is 0.188. The van der Waals surface area contributed by atoms with Crippen LogP contribution in [0.25, 0.3) is 0 Å². The number of likely N-dealkylation sites (tertiary alicyclic amines) is 1. The molecule has 2 fully saturated rings. The average Bonchev–Trinajstić information content (AvgIpc) is 3.15. The van der Waals surface area contributed by atoms with Gasteiger partial charge in [-0.2, -0.15) is 0 Å². The van der Waals surface area contributed by atoms with E-state index in [9.17, 15) is 19.8 Å². The van der Waals surface area contributed by atoms with Crippen LogP contribution in [0.4, 0.5) is 0 Å². The van der Waals surface area contributed by atoms with E-state index >= 15 is 0 Å². The number of aliphatic hydroxyl groups is 2. The van der Waals surface area contributed by atoms with Crippen molar-refractivity contribution in [2.24, 2.45) is 5.92 Å². The minimum Gasteiger partial charge on any atom is -0.392 e. The number of β-amino-alcohol motifs (C(OH)–C–C–N with tert-alkyl or cyclic N) is 1. The van der Waals surface area contributed by atoms with Gasteiger partial charge in [0.2, 0.25) is 0 Å². The highest BCUT2D eigenvalue weighted by molar-refractivity contribution is 5.97. The number of hydrogen-bond donors (Lipinski definition) is 5. The van der Waals surface area contributed by atoms with E-state index in [1.807, 2.05) is 0 Å². The molecule has 1 saturated heterocycles. The summed E-state index contributed by atoms with van der Waals surface area (Å²) >= 11 is 0. The van der Waals surface area contributed by atoms with Crippen LogP contribution in [0.15, 0.2) is 24.3 Å². The van der Waals surface area contributed by atoms with E-state index in [1.165, 1.54) is 19.3 Å². The van der Waals surface area contributed by atoms with Gasteiger partial charge in [-0.05, 0) is 69.2 Å². The van der Waals surface area contributed by atoms with Gasteiger partial charge in [-0.15, -0.1) is 0 Å². The molecule has 5 N–H and O–H groups in total. The third-order valence-corrected chi connectivity index (χ3v) is 5.87. The van der Waals surface area contributed by atoms with Crippen molar-refractivity contribution in [3.05, 3.63) is 35.4 Å². The number of benzene rings is 1. The van der Waals surface area contributed by atoms with Crippen LogP contribution in [0.3, 0.4) is 0 Å². The summed E-state index contributed by atoms with van der Waals surface area (Å²) in [6, 6.07) is 5.67. The zero-order valence-electron chi connectivity index (χ0n) is 18.3. The number of rotatable bonds is 5. The van der Waals surface area contributed by atoms with E-state index < -0.39 is 23.5 Å². The highest BCUT2D eigenvalue weighted by Crippen LogP contribution is 2.33. The van der Waals surface area contributed by atoms with Crippen molar-refractivity contribution in [3.63, 3.8) is 0 Å². The lowest BCUT2D eigenvalue weighted by molar-refractivity contribution is -0.136. The van der Waals surface area contributed by atoms with Crippen molar-refractivity contribution < 1.29 is 25.0 Å². The van der Waals surface area contributed by atoms with Crippen molar-refractivity contribution in [2.45, 2.75) is 56.9 Å². The van der Waals surface area contributed by atoms with Gasteiger partial charge in [0, 0.05) is 36.2 Å². The molecule has 0 unspecified atom stereocenters. The normalized spacial score (nSPS) is 23.6. The molecule has 0 radical (unpaired) electrons. The first kappa shape index (κ1) is 23.8. The molecule has 32 heavy (non-hydrogen) atoms. The molecule has 0 spiro atoms. The monoisotopic (exact) mass is 439 g/mol. The quantitative estimate of drug-likeness (QED) is 0.255. The summed E-state index contributed by atoms with van der Waals surface area (Å²) < 4.78 is 0. The Morgan fingerprint density at radius 1 is 1.19 bits per heavy atom. The molecule has 3 rings (SSSR count). The summed E-state index contributed by atoms with van der Waals surface area (Å²) in [5.74, 6) is 10.7. The SMILES string of the molecule is CC(C)(O)[C@H](NC(=O)c1ccc(C#CC#CC2CC(N3CC[C@H](O)C3)C2)cc1)C(=O)NO. The number of aliphatic hydroxyl groups excluding tert-OH is 1. The zero-order valence-corrected chi connectivity index (χ0v) is 18.3. The van der Waals surface area contributed by atoms with E-state index in [-0.39, 0.29) is 11.7 Å². The average molecular weight is 440 g/mol. The zero-order chi connectivity index (χ0) is 23.3. The minimum atomic E-state index is -1.57. The topological polar surface area (TPSA) is 122 Å². The fraction of sp³-hybridized carbons (Fsp3) is 0.500. The second-order valence-electron chi connectivity index (χ2n) is 8.89. The van der Waals surface area contributed by atoms with E-state index in [1.54, 1.807) is 24.3 Å². The molecule has 2 amide bonds. The Bertz CT molecular complexity index is 956. The molecular weight excluding hydrogens is 410 g/mol. The van der Waals surface area contributed by atoms with Crippen molar-refractivity contribution in [1.82, 2.24) is 15.7 Å². The van der Waals surface area contributed by atoms with Gasteiger partial charge in [-0.1, -0.05) is 11.8 Å². The molecule has 2 aliphatic rings. The van der Waals surface area contributed by atoms with Crippen LogP contribution in [0.5, 0.6) is 0 Å². The highest BCUT2D eigenvalue weighted by atomic mass is 16.5. The van der Waals surface area contributed by atoms with Crippen molar-refractivity contribution >= 4 is 11.8 Å². The summed E-state index contributed by atoms with van der Waals surface area (Å²) in [5.41, 5.74) is 0.858. The molecule has 0 bridgehead atoms. The Kier molecular flexibility index (Phi) is 7.55. The van der Waals surface area contributed by atoms with Gasteiger partial charge in [-0.3, -0.25) is 19.7 Å². The van der Waals surface area contributed by atoms with Crippen molar-refractivity contribution in [3.8, 4) is 23.7 Å². The number of carbonyl (C=O) groups excluding carboxylic acids is 2. The molecular formula is C24H29N3O5. The van der Waals surface area contributed by atoms with Gasteiger partial charge in [0.1, 0.15) is 6.04 Å². The lowest BCUT2D eigenvalue weighted by Gasteiger charge is -2.38. The summed E-state index contributed by atoms with van der Waals surface area (Å²) in [4.78, 5) is 26.4. The van der Waals surface area contributed by atoms with Crippen LogP contribution in [0.1, 0.15) is 49.0 Å². The van der Waals surface area contributed by atoms with Gasteiger partial charge >= 0.3 is 0 Å². The van der Waals surface area contributed by atoms with E-state index in [0.717, 1.165) is 32.4 Å². The van der Waals surface area contributed by atoms with E-state index in [4.69, 9.17) is 5.21 Å². The molecule has 170 valence electrons. The molecule has 1 heterocycles. The molecule has 0 aromatic heterocycles. The van der Waals surface area contributed by atoms with Gasteiger partial charge in [0.05, 0.1) is 11.7 Å². The van der Waals surface area contributed by atoms with Gasteiger partial charge in [-0.25, -0.2) is 5.48 Å². The van der Waals surface area contributed by atoms with Crippen LogP contribution in [-0.2, 0) is 4.79 Å². The Balaban J connectivity index is 1.51. The molecule has 8 nitrogen and oxygen atoms in total. The maximum absolute atomic E-state index is 12.4. The standard InChI is InChI=1S/C24H29N3O5/c1-24(2,31)21(23(30)26-32)25-22(29)18-9-7-16(8-10-18)5-3-4-6-17-13-19(14-17)27-12-11-20(28)15-27/h7-10,17,19-21,28,31-32H,11-15H2,1-2H3,(H,25,29)(H,26,30)/t17?,19?,20-,21+/m0/s1. The first-order valence-electron chi connectivity index (χ1n) is 10.7. The van der Waals surface area contributed by atoms with Crippen LogP contribution < -0.4 is 10.8 Å². The lowest BCUT2D eigenvalue weighted by Crippen LogP contribution is -2.57. The summed E-state index contributed by atoms with van der Waals surface area (Å²) in [6.07, 6.45) is 2.71. The smallest absolute Gasteiger partial charge is 0.268 e. The van der Waals surface area contributed by atoms with Crippen LogP contribution in [0.2, 0.25) is 0 Å². The van der Waals surface area contributed by atoms with Crippen LogP contribution >= 0.6 is 0 Å². The molecule has 1 saturated carbocycles. The molecule has 2 atom stereocenters. The number of nitrogens with zero attached hydrogens (tertiary/aromatic N) is 1. The predicted molar refractivity (Wildman–Crippen MR) is 117 cm³/mol. The fourth-order valence-electron chi connectivity index (χ4n) is 3.89. The number of amides is 2. The van der Waals surface area contributed by atoms with E-state index in [2.05, 4.69) is 33.9 Å². The number of hydrogen-bond acceptors (Lipinski definition) is 6. The van der Waals surface area contributed by atoms with Crippen LogP contribution in [-0.4, -0.2) is 69.0 Å². The van der Waals surface area contributed by atoms with E-state index in [0.29, 0.717) is 17.5 Å². The largest absolute Gasteiger partial charge is 0.392 e. The maximum Gasteiger partial charge on any atom is 0.268 e. The highest BCUT2D eigenvalue weighted by Gasteiger charge is 2.36. The molecule has 1 aliphatic carbocycles. The molecule has 1 aromatic carbocycles. The second kappa shape index (κ2) is 10.2. The van der Waals surface area contributed by atoms with Gasteiger partial charge < -0.3 is 15.5 Å². The molecule has 8 heteroatoms. The van der Waals surface area contributed by atoms with Gasteiger partial charge in [0.25, 0.3) is 11.8 Å². The Hall–Kier alpha value is -2.88. The molecule has 1 aliphatic heterocycles. The van der Waals surface area contributed by atoms with Crippen molar-refractivity contribution in [1.29, 1.82) is 0 Å². The Labute approximate surface area is 188 Å². The number of nitrogens with one attached hydrogen (secondary N) is 2. The lowest BCUT2D eigenvalue weighted by atomic mass is 9.80. The first-order chi connectivity index (χ1) is 15.2. The summed E-state index contributed by atoms with van der Waals surface area (Å²) in [5, 5.41) is 30.9. The number of hydroxylamine groups is 1. The van der Waals surface area contributed by atoms with Gasteiger partial charge in [0.15, 0.2) is 0 Å². The Morgan fingerprint density at radius 2 is 1.88 bits per heavy atom. The second-order valence-corrected chi connectivity index (χ2v) is 8.89. The Morgan fingerprint density at radius 3 is 2.44 bits per heavy atom. The third kappa shape index (κ3) is 6.09.